The van der Waals surface area contributed by atoms with E-state index in [-0.39, 0.29) is 0 Å². The van der Waals surface area contributed by atoms with Crippen molar-refractivity contribution >= 4 is 16.5 Å². The normalized spacial score (nSPS) is 20.5. The van der Waals surface area contributed by atoms with Crippen LogP contribution >= 0.6 is 0 Å². The van der Waals surface area contributed by atoms with Gasteiger partial charge in [0.15, 0.2) is 0 Å². The van der Waals surface area contributed by atoms with Crippen LogP contribution in [0.5, 0.6) is 0 Å². The molecule has 1 heterocycles. The highest BCUT2D eigenvalue weighted by Gasteiger charge is 2.25. The van der Waals surface area contributed by atoms with Crippen LogP contribution in [0.1, 0.15) is 0 Å². The monoisotopic (exact) mass is 171 g/mol. The van der Waals surface area contributed by atoms with Crippen molar-refractivity contribution in [3.63, 3.8) is 0 Å². The van der Waals surface area contributed by atoms with Crippen LogP contribution in [0.15, 0.2) is 42.5 Å². The van der Waals surface area contributed by atoms with Gasteiger partial charge in [0.25, 0.3) is 0 Å². The molecule has 1 aliphatic heterocycles. The van der Waals surface area contributed by atoms with E-state index >= 15 is 0 Å². The van der Waals surface area contributed by atoms with E-state index in [0.717, 1.165) is 11.1 Å². The zero-order chi connectivity index (χ0) is 8.67. The molecule has 3 rings (SSSR count). The largest absolute Gasteiger partial charge is 0.215 e. The Hall–Kier alpha value is -1.42. The second kappa shape index (κ2) is 2.53. The molecule has 0 bridgehead atoms. The molecule has 1 unspecified atom stereocenters. The van der Waals surface area contributed by atoms with Crippen molar-refractivity contribution in [3.8, 4) is 0 Å². The van der Waals surface area contributed by atoms with Gasteiger partial charge in [-0.25, -0.2) is 0 Å². The maximum atomic E-state index is 4.76. The van der Waals surface area contributed by atoms with Gasteiger partial charge in [0.1, 0.15) is 0 Å². The Morgan fingerprint density at radius 2 is 1.77 bits per heavy atom. The topological polar surface area (TPSA) is 32.5 Å². The first kappa shape index (κ1) is 7.03. The summed E-state index contributed by atoms with van der Waals surface area (Å²) < 4.78 is 0. The number of nitrogens with zero attached hydrogens (tertiary/aromatic N) is 2. The van der Waals surface area contributed by atoms with Gasteiger partial charge in [0, 0.05) is 6.07 Å². The Morgan fingerprint density at radius 1 is 1.00 bits per heavy atom. The van der Waals surface area contributed by atoms with Gasteiger partial charge in [-0.2, -0.15) is 10.5 Å². The molecule has 0 saturated carbocycles. The second-order valence-corrected chi connectivity index (χ2v) is 2.93. The summed E-state index contributed by atoms with van der Waals surface area (Å²) in [6, 6.07) is 14.2. The van der Waals surface area contributed by atoms with E-state index in [1.165, 1.54) is 10.6 Å². The van der Waals surface area contributed by atoms with Gasteiger partial charge in [-0.3, -0.25) is 0 Å². The van der Waals surface area contributed by atoms with Gasteiger partial charge in [0.2, 0.25) is 5.69 Å². The third-order valence-corrected chi connectivity index (χ3v) is 2.14. The van der Waals surface area contributed by atoms with Crippen molar-refractivity contribution in [1.29, 1.82) is 0 Å². The number of fused-ring (bicyclic) bond motifs is 1. The highest BCUT2D eigenvalue weighted by atomic mass is 17.0. The second-order valence-electron chi connectivity index (χ2n) is 2.93. The fourth-order valence-electron chi connectivity index (χ4n) is 1.48. The van der Waals surface area contributed by atoms with E-state index in [1.54, 1.807) is 0 Å². The van der Waals surface area contributed by atoms with Crippen LogP contribution < -0.4 is 5.17 Å². The molecule has 3 nitrogen and oxygen atoms in total. The lowest BCUT2D eigenvalue weighted by Crippen LogP contribution is -1.89. The Labute approximate surface area is 75.4 Å². The van der Waals surface area contributed by atoms with Crippen LogP contribution in [0.25, 0.3) is 16.4 Å². The molecule has 2 aromatic carbocycles. The van der Waals surface area contributed by atoms with Crippen molar-refractivity contribution in [1.82, 2.24) is 5.17 Å². The van der Waals surface area contributed by atoms with Gasteiger partial charge < -0.3 is 0 Å². The van der Waals surface area contributed by atoms with Crippen LogP contribution in [0, 0.1) is 0 Å². The Balaban J connectivity index is 2.32. The lowest BCUT2D eigenvalue weighted by Gasteiger charge is -1.97. The Morgan fingerprint density at radius 3 is 2.62 bits per heavy atom. The highest BCUT2D eigenvalue weighted by Crippen LogP contribution is 2.34. The summed E-state index contributed by atoms with van der Waals surface area (Å²) in [5, 5.41) is 3.87. The molecule has 1 aliphatic rings. The molecule has 63 valence electrons. The molecule has 0 spiro atoms. The van der Waals surface area contributed by atoms with Gasteiger partial charge in [-0.15, -0.1) is 0 Å². The van der Waals surface area contributed by atoms with Crippen molar-refractivity contribution in [2.24, 2.45) is 0 Å². The molecule has 1 radical (unpaired) electrons. The lowest BCUT2D eigenvalue weighted by molar-refractivity contribution is 0.360. The first-order valence-electron chi connectivity index (χ1n) is 4.11. The van der Waals surface area contributed by atoms with Gasteiger partial charge >= 0.3 is 0 Å². The van der Waals surface area contributed by atoms with Crippen molar-refractivity contribution < 1.29 is 4.94 Å². The van der Waals surface area contributed by atoms with E-state index in [1.807, 2.05) is 24.3 Å². The average Bonchev–Trinajstić information content (AvgIpc) is 3.00. The number of rotatable bonds is 1. The van der Waals surface area contributed by atoms with Crippen molar-refractivity contribution in [3.05, 3.63) is 48.1 Å². The molecule has 13 heavy (non-hydrogen) atoms. The number of hydrogen-bond acceptors (Lipinski definition) is 2. The third kappa shape index (κ3) is 1.10. The van der Waals surface area contributed by atoms with E-state index < -0.39 is 0 Å². The molecular formula is C10H7N2O. The third-order valence-electron chi connectivity index (χ3n) is 2.14. The van der Waals surface area contributed by atoms with Gasteiger partial charge in [0.05, 0.1) is 5.39 Å². The summed E-state index contributed by atoms with van der Waals surface area (Å²) in [7, 11) is 0. The average molecular weight is 171 g/mol. The van der Waals surface area contributed by atoms with Crippen LogP contribution in [-0.4, -0.2) is 0 Å². The maximum Gasteiger partial charge on any atom is 0.215 e. The van der Waals surface area contributed by atoms with Crippen molar-refractivity contribution in [2.75, 3.05) is 0 Å². The number of hydrogen-bond donors (Lipinski definition) is 0. The number of benzene rings is 2. The molecule has 1 atom stereocenters. The summed E-state index contributed by atoms with van der Waals surface area (Å²) in [5.74, 6) is 0. The molecule has 0 amide bonds. The van der Waals surface area contributed by atoms with Crippen LogP contribution in [0.2, 0.25) is 0 Å². The summed E-state index contributed by atoms with van der Waals surface area (Å²) in [6.07, 6.45) is 0. The fourth-order valence-corrected chi connectivity index (χ4v) is 1.48. The summed E-state index contributed by atoms with van der Waals surface area (Å²) in [5.41, 5.74) is 4.65. The minimum Gasteiger partial charge on any atom is -0.186 e. The molecular weight excluding hydrogens is 164 g/mol. The van der Waals surface area contributed by atoms with E-state index in [2.05, 4.69) is 23.8 Å². The summed E-state index contributed by atoms with van der Waals surface area (Å²) in [4.78, 5) is 4.76. The van der Waals surface area contributed by atoms with Crippen LogP contribution in [0.3, 0.4) is 0 Å². The number of anilines is 1. The van der Waals surface area contributed by atoms with Gasteiger partial charge in [-0.05, 0) is 16.6 Å². The maximum absolute atomic E-state index is 4.76. The highest BCUT2D eigenvalue weighted by molar-refractivity contribution is 5.92. The van der Waals surface area contributed by atoms with Gasteiger partial charge in [-0.1, -0.05) is 30.3 Å². The molecule has 3 heteroatoms. The fraction of sp³-hybridized carbons (Fsp3) is 0. The quantitative estimate of drug-likeness (QED) is 0.479. The van der Waals surface area contributed by atoms with Crippen molar-refractivity contribution in [2.45, 2.75) is 0 Å². The van der Waals surface area contributed by atoms with Crippen LogP contribution in [-0.2, 0) is 4.94 Å². The molecule has 0 aliphatic carbocycles. The smallest absolute Gasteiger partial charge is 0.186 e. The molecule has 1 saturated heterocycles. The first-order valence-corrected chi connectivity index (χ1v) is 4.11. The Kier molecular flexibility index (Phi) is 1.37. The molecule has 1 fully saturated rings. The van der Waals surface area contributed by atoms with E-state index in [9.17, 15) is 0 Å². The first-order chi connectivity index (χ1) is 6.45. The molecule has 0 aromatic heterocycles. The minimum absolute atomic E-state index is 0.998. The standard InChI is InChI=1S/C10H7N2O/c1-2-6-9-8(4-1)5-3-7-10(9)12-11-13-12/h1-7H. The lowest BCUT2D eigenvalue weighted by atomic mass is 10.1. The van der Waals surface area contributed by atoms with E-state index in [4.69, 9.17) is 4.94 Å². The Bertz CT molecular complexity index is 446. The zero-order valence-corrected chi connectivity index (χ0v) is 6.84. The predicted octanol–water partition coefficient (Wildman–Crippen LogP) is 2.76. The molecule has 2 aromatic rings. The predicted molar refractivity (Wildman–Crippen MR) is 50.2 cm³/mol. The van der Waals surface area contributed by atoms with Crippen LogP contribution in [0.4, 0.5) is 5.69 Å². The SMILES string of the molecule is c1ccc2c([N+]3[N-]O3)cccc2c1. The zero-order valence-electron chi connectivity index (χ0n) is 6.84. The minimum atomic E-state index is 0.998. The summed E-state index contributed by atoms with van der Waals surface area (Å²) >= 11 is 0. The summed E-state index contributed by atoms with van der Waals surface area (Å²) in [6.45, 7) is 0. The molecule has 0 N–H and O–H groups in total. The van der Waals surface area contributed by atoms with E-state index in [0.29, 0.717) is 0 Å².